The summed E-state index contributed by atoms with van der Waals surface area (Å²) in [6.07, 6.45) is 1.95. The molecule has 0 fully saturated rings. The Labute approximate surface area is 147 Å². The van der Waals surface area contributed by atoms with Crippen LogP contribution in [0.3, 0.4) is 0 Å². The van der Waals surface area contributed by atoms with Gasteiger partial charge in [0.25, 0.3) is 0 Å². The van der Waals surface area contributed by atoms with Crippen LogP contribution in [0.25, 0.3) is 0 Å². The van der Waals surface area contributed by atoms with Gasteiger partial charge in [-0.3, -0.25) is 0 Å². The smallest absolute Gasteiger partial charge is 0.246 e. The molecule has 0 spiro atoms. The van der Waals surface area contributed by atoms with Crippen LogP contribution in [0.5, 0.6) is 0 Å². The molecule has 6 nitrogen and oxygen atoms in total. The second-order valence-corrected chi connectivity index (χ2v) is 7.80. The van der Waals surface area contributed by atoms with Gasteiger partial charge in [0.05, 0.1) is 6.54 Å². The van der Waals surface area contributed by atoms with E-state index in [1.54, 1.807) is 13.8 Å². The van der Waals surface area contributed by atoms with E-state index >= 15 is 0 Å². The summed E-state index contributed by atoms with van der Waals surface area (Å²) in [5.41, 5.74) is 3.62. The first-order valence-corrected chi connectivity index (χ1v) is 9.47. The van der Waals surface area contributed by atoms with Crippen LogP contribution in [0.4, 0.5) is 0 Å². The number of benzene rings is 1. The van der Waals surface area contributed by atoms with Crippen molar-refractivity contribution in [3.63, 3.8) is 0 Å². The molecule has 2 aromatic heterocycles. The number of aryl methyl sites for hydroxylation is 3. The lowest BCUT2D eigenvalue weighted by molar-refractivity contribution is 0.390. The minimum Gasteiger partial charge on any atom is -0.360 e. The van der Waals surface area contributed by atoms with E-state index in [1.165, 1.54) is 11.1 Å². The van der Waals surface area contributed by atoms with Crippen molar-refractivity contribution in [2.45, 2.75) is 38.8 Å². The fourth-order valence-corrected chi connectivity index (χ4v) is 4.19. The summed E-state index contributed by atoms with van der Waals surface area (Å²) < 4.78 is 34.7. The van der Waals surface area contributed by atoms with E-state index in [2.05, 4.69) is 35.0 Å². The van der Waals surface area contributed by atoms with Gasteiger partial charge in [-0.2, -0.15) is 0 Å². The molecule has 0 saturated carbocycles. The Morgan fingerprint density at radius 2 is 1.96 bits per heavy atom. The fourth-order valence-electron chi connectivity index (χ4n) is 2.87. The molecular weight excluding hydrogens is 338 g/mol. The number of hydrogen-bond acceptors (Lipinski definition) is 4. The van der Waals surface area contributed by atoms with Crippen LogP contribution in [0.2, 0.25) is 0 Å². The van der Waals surface area contributed by atoms with E-state index in [0.717, 1.165) is 5.69 Å². The molecule has 25 heavy (non-hydrogen) atoms. The largest absolute Gasteiger partial charge is 0.360 e. The van der Waals surface area contributed by atoms with E-state index in [1.807, 2.05) is 29.0 Å². The predicted molar refractivity (Wildman–Crippen MR) is 94.7 cm³/mol. The van der Waals surface area contributed by atoms with Crippen molar-refractivity contribution in [1.82, 2.24) is 14.4 Å². The van der Waals surface area contributed by atoms with Crippen LogP contribution in [-0.2, 0) is 23.1 Å². The summed E-state index contributed by atoms with van der Waals surface area (Å²) in [7, 11) is -3.67. The SMILES string of the molecule is Cc1cccc(Cn2cccc2CNS(=O)(=O)c2c(C)noc2C)c1. The maximum Gasteiger partial charge on any atom is 0.246 e. The molecule has 0 aliphatic rings. The van der Waals surface area contributed by atoms with Gasteiger partial charge in [0.15, 0.2) is 5.76 Å². The number of aromatic nitrogens is 2. The van der Waals surface area contributed by atoms with Crippen LogP contribution < -0.4 is 4.72 Å². The summed E-state index contributed by atoms with van der Waals surface area (Å²) in [4.78, 5) is 0.115. The maximum atomic E-state index is 12.5. The predicted octanol–water partition coefficient (Wildman–Crippen LogP) is 2.93. The summed E-state index contributed by atoms with van der Waals surface area (Å²) in [5.74, 6) is 0.292. The third-order valence-electron chi connectivity index (χ3n) is 4.04. The van der Waals surface area contributed by atoms with Crippen molar-refractivity contribution in [1.29, 1.82) is 0 Å². The molecule has 0 bridgehead atoms. The van der Waals surface area contributed by atoms with E-state index in [0.29, 0.717) is 18.0 Å². The molecule has 0 atom stereocenters. The van der Waals surface area contributed by atoms with Crippen LogP contribution in [0.15, 0.2) is 52.0 Å². The Balaban J connectivity index is 1.76. The highest BCUT2D eigenvalue weighted by Gasteiger charge is 2.24. The lowest BCUT2D eigenvalue weighted by Gasteiger charge is -2.11. The monoisotopic (exact) mass is 359 g/mol. The van der Waals surface area contributed by atoms with Crippen molar-refractivity contribution >= 4 is 10.0 Å². The van der Waals surface area contributed by atoms with Crippen molar-refractivity contribution in [3.8, 4) is 0 Å². The first kappa shape index (κ1) is 17.4. The number of nitrogens with zero attached hydrogens (tertiary/aromatic N) is 2. The summed E-state index contributed by atoms with van der Waals surface area (Å²) in [6.45, 7) is 6.15. The molecule has 0 radical (unpaired) electrons. The molecule has 3 aromatic rings. The zero-order chi connectivity index (χ0) is 18.0. The highest BCUT2D eigenvalue weighted by Crippen LogP contribution is 2.19. The van der Waals surface area contributed by atoms with E-state index < -0.39 is 10.0 Å². The van der Waals surface area contributed by atoms with E-state index in [-0.39, 0.29) is 11.4 Å². The Morgan fingerprint density at radius 3 is 2.64 bits per heavy atom. The lowest BCUT2D eigenvalue weighted by atomic mass is 10.1. The third kappa shape index (κ3) is 3.83. The van der Waals surface area contributed by atoms with Crippen LogP contribution >= 0.6 is 0 Å². The molecule has 0 aliphatic carbocycles. The average Bonchev–Trinajstić information content (AvgIpc) is 3.12. The topological polar surface area (TPSA) is 77.1 Å². The normalized spacial score (nSPS) is 11.8. The van der Waals surface area contributed by atoms with Crippen LogP contribution in [0, 0.1) is 20.8 Å². The van der Waals surface area contributed by atoms with Crippen molar-refractivity contribution in [2.75, 3.05) is 0 Å². The zero-order valence-corrected chi connectivity index (χ0v) is 15.3. The molecule has 1 N–H and O–H groups in total. The average molecular weight is 359 g/mol. The lowest BCUT2D eigenvalue weighted by Crippen LogP contribution is -2.25. The number of hydrogen-bond donors (Lipinski definition) is 1. The van der Waals surface area contributed by atoms with Gasteiger partial charge in [-0.15, -0.1) is 0 Å². The molecule has 1 aromatic carbocycles. The molecule has 7 heteroatoms. The first-order valence-electron chi connectivity index (χ1n) is 7.99. The molecule has 2 heterocycles. The van der Waals surface area contributed by atoms with Crippen LogP contribution in [-0.4, -0.2) is 18.1 Å². The highest BCUT2D eigenvalue weighted by atomic mass is 32.2. The Kier molecular flexibility index (Phi) is 4.78. The van der Waals surface area contributed by atoms with Crippen molar-refractivity contribution in [3.05, 3.63) is 70.9 Å². The fraction of sp³-hybridized carbons (Fsp3) is 0.278. The van der Waals surface area contributed by atoms with Gasteiger partial charge >= 0.3 is 0 Å². The number of nitrogens with one attached hydrogen (secondary N) is 1. The summed E-state index contributed by atoms with van der Waals surface area (Å²) in [5, 5.41) is 3.71. The van der Waals surface area contributed by atoms with Gasteiger partial charge in [-0.1, -0.05) is 35.0 Å². The number of rotatable bonds is 6. The van der Waals surface area contributed by atoms with Gasteiger partial charge in [-0.05, 0) is 38.5 Å². The van der Waals surface area contributed by atoms with Gasteiger partial charge in [0.1, 0.15) is 10.6 Å². The van der Waals surface area contributed by atoms with Gasteiger partial charge in [-0.25, -0.2) is 13.1 Å². The second-order valence-electron chi connectivity index (χ2n) is 6.09. The minimum atomic E-state index is -3.67. The summed E-state index contributed by atoms with van der Waals surface area (Å²) in [6, 6.07) is 12.1. The molecular formula is C18H21N3O3S. The van der Waals surface area contributed by atoms with Crippen LogP contribution in [0.1, 0.15) is 28.3 Å². The summed E-state index contributed by atoms with van der Waals surface area (Å²) >= 11 is 0. The van der Waals surface area contributed by atoms with Gasteiger partial charge in [0.2, 0.25) is 10.0 Å². The molecule has 0 unspecified atom stereocenters. The maximum absolute atomic E-state index is 12.5. The quantitative estimate of drug-likeness (QED) is 0.734. The molecule has 0 amide bonds. The van der Waals surface area contributed by atoms with E-state index in [9.17, 15) is 8.42 Å². The van der Waals surface area contributed by atoms with E-state index in [4.69, 9.17) is 4.52 Å². The van der Waals surface area contributed by atoms with Gasteiger partial charge in [0, 0.05) is 18.4 Å². The second kappa shape index (κ2) is 6.85. The van der Waals surface area contributed by atoms with Crippen molar-refractivity contribution < 1.29 is 12.9 Å². The van der Waals surface area contributed by atoms with Crippen molar-refractivity contribution in [2.24, 2.45) is 0 Å². The molecule has 0 saturated heterocycles. The minimum absolute atomic E-state index is 0.115. The highest BCUT2D eigenvalue weighted by molar-refractivity contribution is 7.89. The molecule has 3 rings (SSSR count). The molecule has 132 valence electrons. The Bertz CT molecular complexity index is 967. The Hall–Kier alpha value is -2.38. The molecule has 0 aliphatic heterocycles. The standard InChI is InChI=1S/C18H21N3O3S/c1-13-6-4-7-16(10-13)12-21-9-5-8-17(21)11-19-25(22,23)18-14(2)20-24-15(18)3/h4-10,19H,11-12H2,1-3H3. The number of sulfonamides is 1. The third-order valence-corrected chi connectivity index (χ3v) is 5.68. The zero-order valence-electron chi connectivity index (χ0n) is 14.5. The van der Waals surface area contributed by atoms with Gasteiger partial charge < -0.3 is 9.09 Å². The first-order chi connectivity index (χ1) is 11.9. The Morgan fingerprint density at radius 1 is 1.16 bits per heavy atom.